The lowest BCUT2D eigenvalue weighted by Gasteiger charge is -2.12. The Bertz CT molecular complexity index is 976. The van der Waals surface area contributed by atoms with E-state index in [0.29, 0.717) is 16.5 Å². The number of nitrogen functional groups attached to an aromatic ring is 1. The topological polar surface area (TPSA) is 79.2 Å². The first kappa shape index (κ1) is 18.3. The van der Waals surface area contributed by atoms with Crippen molar-refractivity contribution in [1.29, 1.82) is 0 Å². The zero-order chi connectivity index (χ0) is 19.2. The minimum atomic E-state index is -0.564. The largest absolute Gasteiger partial charge is 0.399 e. The van der Waals surface area contributed by atoms with Gasteiger partial charge in [-0.25, -0.2) is 4.39 Å². The van der Waals surface area contributed by atoms with Crippen molar-refractivity contribution in [2.24, 2.45) is 0 Å². The molecule has 3 aromatic rings. The van der Waals surface area contributed by atoms with Crippen molar-refractivity contribution in [1.82, 2.24) is 0 Å². The van der Waals surface area contributed by atoms with Crippen LogP contribution in [0.2, 0.25) is 0 Å². The lowest BCUT2D eigenvalue weighted by Crippen LogP contribution is -2.19. The van der Waals surface area contributed by atoms with E-state index in [4.69, 9.17) is 18.0 Å². The molecular weight excluding hydrogens is 363 g/mol. The molecule has 0 bridgehead atoms. The summed E-state index contributed by atoms with van der Waals surface area (Å²) in [5.41, 5.74) is 8.42. The Hall–Kier alpha value is -3.45. The zero-order valence-electron chi connectivity index (χ0n) is 14.2. The van der Waals surface area contributed by atoms with Gasteiger partial charge in [-0.3, -0.25) is 4.79 Å². The van der Waals surface area contributed by atoms with Gasteiger partial charge in [0.15, 0.2) is 5.11 Å². The highest BCUT2D eigenvalue weighted by Gasteiger charge is 2.10. The lowest BCUT2D eigenvalue weighted by atomic mass is 10.2. The minimum absolute atomic E-state index is 0.00721. The Morgan fingerprint density at radius 3 is 2.11 bits per heavy atom. The second-order valence-electron chi connectivity index (χ2n) is 5.72. The van der Waals surface area contributed by atoms with E-state index in [0.717, 1.165) is 11.4 Å². The van der Waals surface area contributed by atoms with Crippen LogP contribution in [0.15, 0.2) is 72.8 Å². The molecule has 0 aliphatic heterocycles. The van der Waals surface area contributed by atoms with Crippen molar-refractivity contribution < 1.29 is 9.18 Å². The first-order valence-corrected chi connectivity index (χ1v) is 8.51. The first-order chi connectivity index (χ1) is 13.0. The third-order valence-corrected chi connectivity index (χ3v) is 3.87. The molecule has 0 saturated carbocycles. The van der Waals surface area contributed by atoms with E-state index in [1.165, 1.54) is 18.2 Å². The van der Waals surface area contributed by atoms with Crippen molar-refractivity contribution >= 4 is 46.0 Å². The number of benzene rings is 3. The van der Waals surface area contributed by atoms with Gasteiger partial charge < -0.3 is 21.7 Å². The van der Waals surface area contributed by atoms with Crippen LogP contribution in [0.4, 0.5) is 27.1 Å². The average Bonchev–Trinajstić information content (AvgIpc) is 2.63. The summed E-state index contributed by atoms with van der Waals surface area (Å²) in [6.07, 6.45) is 0. The number of hydrogen-bond donors (Lipinski definition) is 4. The summed E-state index contributed by atoms with van der Waals surface area (Å²) in [5, 5.41) is 9.14. The highest BCUT2D eigenvalue weighted by atomic mass is 32.1. The fourth-order valence-electron chi connectivity index (χ4n) is 2.39. The number of carbonyl (C=O) groups excluding carboxylic acids is 1. The molecule has 3 aromatic carbocycles. The Labute approximate surface area is 161 Å². The van der Waals surface area contributed by atoms with Crippen LogP contribution in [0, 0.1) is 5.82 Å². The molecular formula is C20H17FN4OS. The maximum Gasteiger partial charge on any atom is 0.258 e. The van der Waals surface area contributed by atoms with Gasteiger partial charge in [0.2, 0.25) is 0 Å². The number of halogens is 1. The lowest BCUT2D eigenvalue weighted by molar-refractivity contribution is 0.102. The first-order valence-electron chi connectivity index (χ1n) is 8.11. The van der Waals surface area contributed by atoms with E-state index in [9.17, 15) is 9.18 Å². The summed E-state index contributed by atoms with van der Waals surface area (Å²) >= 11 is 5.27. The van der Waals surface area contributed by atoms with Crippen LogP contribution in [0.5, 0.6) is 0 Å². The molecule has 5 N–H and O–H groups in total. The van der Waals surface area contributed by atoms with Crippen LogP contribution in [0.1, 0.15) is 10.4 Å². The summed E-state index contributed by atoms with van der Waals surface area (Å²) in [6.45, 7) is 0. The van der Waals surface area contributed by atoms with Gasteiger partial charge >= 0.3 is 0 Å². The molecule has 7 heteroatoms. The Morgan fingerprint density at radius 1 is 0.815 bits per heavy atom. The molecule has 136 valence electrons. The molecule has 0 radical (unpaired) electrons. The van der Waals surface area contributed by atoms with Gasteiger partial charge in [-0.05, 0) is 66.8 Å². The quantitative estimate of drug-likeness (QED) is 0.397. The third kappa shape index (κ3) is 5.02. The van der Waals surface area contributed by atoms with Crippen LogP contribution in [0.3, 0.4) is 0 Å². The summed E-state index contributed by atoms with van der Waals surface area (Å²) in [7, 11) is 0. The van der Waals surface area contributed by atoms with E-state index in [2.05, 4.69) is 16.0 Å². The van der Waals surface area contributed by atoms with Crippen molar-refractivity contribution in [2.75, 3.05) is 21.7 Å². The van der Waals surface area contributed by atoms with Crippen molar-refractivity contribution in [3.63, 3.8) is 0 Å². The molecule has 27 heavy (non-hydrogen) atoms. The second-order valence-corrected chi connectivity index (χ2v) is 6.12. The molecule has 0 saturated heterocycles. The van der Waals surface area contributed by atoms with Gasteiger partial charge in [0.25, 0.3) is 5.91 Å². The fraction of sp³-hybridized carbons (Fsp3) is 0. The molecule has 1 amide bonds. The molecule has 0 aliphatic carbocycles. The highest BCUT2D eigenvalue weighted by Crippen LogP contribution is 2.17. The maximum atomic E-state index is 13.7. The van der Waals surface area contributed by atoms with Crippen molar-refractivity contribution in [3.05, 3.63) is 84.2 Å². The minimum Gasteiger partial charge on any atom is -0.399 e. The third-order valence-electron chi connectivity index (χ3n) is 3.66. The molecule has 0 fully saturated rings. The van der Waals surface area contributed by atoms with Gasteiger partial charge in [-0.15, -0.1) is 0 Å². The SMILES string of the molecule is Nc1cccc(NC(=S)Nc2ccc(NC(=O)c3ccccc3F)cc2)c1. The second kappa shape index (κ2) is 8.29. The summed E-state index contributed by atoms with van der Waals surface area (Å²) in [6, 6.07) is 20.0. The molecule has 0 aromatic heterocycles. The van der Waals surface area contributed by atoms with Crippen LogP contribution < -0.4 is 21.7 Å². The highest BCUT2D eigenvalue weighted by molar-refractivity contribution is 7.80. The number of nitrogens with one attached hydrogen (secondary N) is 3. The molecule has 0 aliphatic rings. The summed E-state index contributed by atoms with van der Waals surface area (Å²) in [5.74, 6) is -1.07. The van der Waals surface area contributed by atoms with E-state index in [1.54, 1.807) is 42.5 Å². The van der Waals surface area contributed by atoms with Crippen molar-refractivity contribution in [3.8, 4) is 0 Å². The number of thiocarbonyl (C=S) groups is 1. The van der Waals surface area contributed by atoms with Crippen LogP contribution in [-0.2, 0) is 0 Å². The smallest absolute Gasteiger partial charge is 0.258 e. The molecule has 0 heterocycles. The van der Waals surface area contributed by atoms with E-state index in [-0.39, 0.29) is 5.56 Å². The molecule has 0 atom stereocenters. The number of amides is 1. The summed E-state index contributed by atoms with van der Waals surface area (Å²) in [4.78, 5) is 12.1. The van der Waals surface area contributed by atoms with E-state index in [1.807, 2.05) is 12.1 Å². The van der Waals surface area contributed by atoms with Crippen molar-refractivity contribution in [2.45, 2.75) is 0 Å². The predicted molar refractivity (Wildman–Crippen MR) is 111 cm³/mol. The normalized spacial score (nSPS) is 10.1. The molecule has 5 nitrogen and oxygen atoms in total. The number of rotatable bonds is 4. The Balaban J connectivity index is 1.59. The van der Waals surface area contributed by atoms with E-state index >= 15 is 0 Å². The van der Waals surface area contributed by atoms with Gasteiger partial charge in [-0.2, -0.15) is 0 Å². The van der Waals surface area contributed by atoms with Gasteiger partial charge in [0.05, 0.1) is 5.56 Å². The van der Waals surface area contributed by atoms with Crippen LogP contribution in [-0.4, -0.2) is 11.0 Å². The Kier molecular flexibility index (Phi) is 5.63. The summed E-state index contributed by atoms with van der Waals surface area (Å²) < 4.78 is 13.7. The Morgan fingerprint density at radius 2 is 1.44 bits per heavy atom. The number of carbonyl (C=O) groups is 1. The average molecular weight is 380 g/mol. The number of hydrogen-bond acceptors (Lipinski definition) is 3. The molecule has 3 rings (SSSR count). The zero-order valence-corrected chi connectivity index (χ0v) is 15.0. The van der Waals surface area contributed by atoms with Gasteiger partial charge in [0, 0.05) is 22.7 Å². The van der Waals surface area contributed by atoms with E-state index < -0.39 is 11.7 Å². The molecule has 0 unspecified atom stereocenters. The monoisotopic (exact) mass is 380 g/mol. The molecule has 0 spiro atoms. The fourth-order valence-corrected chi connectivity index (χ4v) is 2.63. The maximum absolute atomic E-state index is 13.7. The standard InChI is InChI=1S/C20H17FN4OS/c21-18-7-2-1-6-17(18)19(26)23-14-8-10-15(11-9-14)24-20(27)25-16-5-3-4-13(22)12-16/h1-12H,22H2,(H,23,26)(H2,24,25,27). The van der Waals surface area contributed by atoms with Crippen LogP contribution in [0.25, 0.3) is 0 Å². The van der Waals surface area contributed by atoms with Gasteiger partial charge in [0.1, 0.15) is 5.82 Å². The van der Waals surface area contributed by atoms with Gasteiger partial charge in [-0.1, -0.05) is 18.2 Å². The predicted octanol–water partition coefficient (Wildman–Crippen LogP) is 4.47. The number of nitrogens with two attached hydrogens (primary N) is 1. The van der Waals surface area contributed by atoms with Crippen LogP contribution >= 0.6 is 12.2 Å². The number of anilines is 4.